The van der Waals surface area contributed by atoms with E-state index in [0.717, 1.165) is 12.0 Å². The first kappa shape index (κ1) is 23.6. The van der Waals surface area contributed by atoms with Crippen LogP contribution in [0.4, 0.5) is 18.0 Å². The first-order valence-corrected chi connectivity index (χ1v) is 9.69. The maximum Gasteiger partial charge on any atom is 0.422 e. The highest BCUT2D eigenvalue weighted by atomic mass is 19.4. The predicted octanol–water partition coefficient (Wildman–Crippen LogP) is 3.30. The van der Waals surface area contributed by atoms with Crippen molar-refractivity contribution in [1.29, 1.82) is 0 Å². The van der Waals surface area contributed by atoms with Gasteiger partial charge in [0.2, 0.25) is 0 Å². The molecule has 0 spiro atoms. The number of hydrogen-bond donors (Lipinski definition) is 2. The van der Waals surface area contributed by atoms with Gasteiger partial charge in [-0.1, -0.05) is 12.1 Å². The Kier molecular flexibility index (Phi) is 7.80. The molecule has 0 bridgehead atoms. The molecule has 1 aliphatic heterocycles. The van der Waals surface area contributed by atoms with E-state index in [1.54, 1.807) is 25.2 Å². The maximum atomic E-state index is 12.3. The van der Waals surface area contributed by atoms with E-state index in [-0.39, 0.29) is 11.8 Å². The summed E-state index contributed by atoms with van der Waals surface area (Å²) in [7, 11) is 1.65. The third-order valence-corrected chi connectivity index (χ3v) is 4.17. The van der Waals surface area contributed by atoms with Crippen LogP contribution in [0.3, 0.4) is 0 Å². The average Bonchev–Trinajstić information content (AvgIpc) is 3.07. The molecular weight excluding hydrogens is 401 g/mol. The highest BCUT2D eigenvalue weighted by Gasteiger charge is 2.29. The zero-order valence-corrected chi connectivity index (χ0v) is 17.7. The molecule has 10 heteroatoms. The van der Waals surface area contributed by atoms with E-state index < -0.39 is 24.5 Å². The van der Waals surface area contributed by atoms with Crippen LogP contribution in [0, 0.1) is 0 Å². The van der Waals surface area contributed by atoms with Crippen molar-refractivity contribution in [3.8, 4) is 5.75 Å². The number of rotatable bonds is 5. The molecule has 0 radical (unpaired) electrons. The fourth-order valence-electron chi connectivity index (χ4n) is 2.97. The lowest BCUT2D eigenvalue weighted by Gasteiger charge is -2.23. The molecule has 1 unspecified atom stereocenters. The molecule has 0 aliphatic carbocycles. The van der Waals surface area contributed by atoms with Crippen LogP contribution in [0.25, 0.3) is 0 Å². The number of nitrogens with zero attached hydrogens (tertiary/aromatic N) is 2. The van der Waals surface area contributed by atoms with Gasteiger partial charge in [-0.2, -0.15) is 13.2 Å². The van der Waals surface area contributed by atoms with Gasteiger partial charge < -0.3 is 25.0 Å². The van der Waals surface area contributed by atoms with Crippen LogP contribution in [-0.2, 0) is 11.3 Å². The Balaban J connectivity index is 1.85. The lowest BCUT2D eigenvalue weighted by atomic mass is 10.2. The topological polar surface area (TPSA) is 75.2 Å². The number of halogens is 3. The first-order valence-electron chi connectivity index (χ1n) is 9.69. The van der Waals surface area contributed by atoms with Crippen molar-refractivity contribution in [3.63, 3.8) is 0 Å². The predicted molar refractivity (Wildman–Crippen MR) is 108 cm³/mol. The number of carbonyl (C=O) groups is 1. The van der Waals surface area contributed by atoms with Gasteiger partial charge in [0, 0.05) is 26.7 Å². The summed E-state index contributed by atoms with van der Waals surface area (Å²) in [5.41, 5.74) is 0.205. The summed E-state index contributed by atoms with van der Waals surface area (Å²) in [5, 5.41) is 6.05. The normalized spacial score (nSPS) is 17.6. The van der Waals surface area contributed by atoms with Crippen LogP contribution in [-0.4, -0.2) is 61.5 Å². The van der Waals surface area contributed by atoms with Gasteiger partial charge >= 0.3 is 12.3 Å². The van der Waals surface area contributed by atoms with Crippen molar-refractivity contribution in [3.05, 3.63) is 29.8 Å². The second kappa shape index (κ2) is 9.90. The minimum absolute atomic E-state index is 0.0579. The summed E-state index contributed by atoms with van der Waals surface area (Å²) in [4.78, 5) is 18.2. The number of nitrogens with one attached hydrogen (secondary N) is 2. The highest BCUT2D eigenvalue weighted by molar-refractivity contribution is 5.80. The lowest BCUT2D eigenvalue weighted by molar-refractivity contribution is -0.153. The summed E-state index contributed by atoms with van der Waals surface area (Å²) in [6.45, 7) is 5.75. The molecule has 1 heterocycles. The standard InChI is InChI=1S/C20H29F3N4O3/c1-19(2,3)30-18(28)26-15-8-9-27(12-15)17(24-4)25-11-14-6-5-7-16(10-14)29-13-20(21,22)23/h5-7,10,15H,8-9,11-13H2,1-4H3,(H,24,25)(H,26,28). The van der Waals surface area contributed by atoms with E-state index in [4.69, 9.17) is 9.47 Å². The Hall–Kier alpha value is -2.65. The molecule has 1 amide bonds. The number of benzene rings is 1. The quantitative estimate of drug-likeness (QED) is 0.554. The third-order valence-electron chi connectivity index (χ3n) is 4.17. The van der Waals surface area contributed by atoms with Crippen molar-refractivity contribution in [2.24, 2.45) is 4.99 Å². The number of amides is 1. The summed E-state index contributed by atoms with van der Waals surface area (Å²) >= 11 is 0. The average molecular weight is 430 g/mol. The summed E-state index contributed by atoms with van der Waals surface area (Å²) < 4.78 is 47.0. The van der Waals surface area contributed by atoms with Crippen LogP contribution in [0.2, 0.25) is 0 Å². The Morgan fingerprint density at radius 3 is 2.67 bits per heavy atom. The van der Waals surface area contributed by atoms with Crippen LogP contribution in [0.1, 0.15) is 32.8 Å². The van der Waals surface area contributed by atoms with Gasteiger partial charge in [0.15, 0.2) is 12.6 Å². The van der Waals surface area contributed by atoms with E-state index >= 15 is 0 Å². The molecule has 1 aliphatic rings. The number of guanidine groups is 1. The molecule has 0 aromatic heterocycles. The zero-order chi connectivity index (χ0) is 22.4. The molecule has 0 saturated carbocycles. The third kappa shape index (κ3) is 8.38. The van der Waals surface area contributed by atoms with Crippen molar-refractivity contribution >= 4 is 12.1 Å². The number of alkyl carbamates (subject to hydrolysis) is 1. The van der Waals surface area contributed by atoms with Gasteiger partial charge in [0.05, 0.1) is 6.04 Å². The van der Waals surface area contributed by atoms with Gasteiger partial charge in [0.1, 0.15) is 11.4 Å². The Morgan fingerprint density at radius 2 is 2.03 bits per heavy atom. The lowest BCUT2D eigenvalue weighted by Crippen LogP contribution is -2.44. The number of likely N-dealkylation sites (tertiary alicyclic amines) is 1. The fourth-order valence-corrected chi connectivity index (χ4v) is 2.97. The van der Waals surface area contributed by atoms with E-state index in [2.05, 4.69) is 15.6 Å². The van der Waals surface area contributed by atoms with Gasteiger partial charge in [0.25, 0.3) is 0 Å². The summed E-state index contributed by atoms with van der Waals surface area (Å²) in [6, 6.07) is 6.41. The van der Waals surface area contributed by atoms with Crippen molar-refractivity contribution < 1.29 is 27.4 Å². The number of alkyl halides is 3. The van der Waals surface area contributed by atoms with Gasteiger partial charge in [-0.3, -0.25) is 4.99 Å². The minimum Gasteiger partial charge on any atom is -0.484 e. The second-order valence-electron chi connectivity index (χ2n) is 8.03. The van der Waals surface area contributed by atoms with E-state index in [1.807, 2.05) is 25.7 Å². The fraction of sp³-hybridized carbons (Fsp3) is 0.600. The van der Waals surface area contributed by atoms with Crippen molar-refractivity contribution in [2.75, 3.05) is 26.7 Å². The van der Waals surface area contributed by atoms with Crippen LogP contribution in [0.5, 0.6) is 5.75 Å². The molecule has 1 saturated heterocycles. The van der Waals surface area contributed by atoms with Crippen molar-refractivity contribution in [2.45, 2.75) is 51.6 Å². The van der Waals surface area contributed by atoms with E-state index in [1.165, 1.54) is 6.07 Å². The number of hydrogen-bond acceptors (Lipinski definition) is 4. The molecule has 1 aromatic rings. The highest BCUT2D eigenvalue weighted by Crippen LogP contribution is 2.19. The molecule has 1 aromatic carbocycles. The molecular formula is C20H29F3N4O3. The largest absolute Gasteiger partial charge is 0.484 e. The first-order chi connectivity index (χ1) is 13.9. The zero-order valence-electron chi connectivity index (χ0n) is 17.7. The maximum absolute atomic E-state index is 12.3. The number of carbonyl (C=O) groups excluding carboxylic acids is 1. The molecule has 2 rings (SSSR count). The Labute approximate surface area is 174 Å². The van der Waals surface area contributed by atoms with Gasteiger partial charge in [-0.15, -0.1) is 0 Å². The SMILES string of the molecule is CN=C(NCc1cccc(OCC(F)(F)F)c1)N1CCC(NC(=O)OC(C)(C)C)C1. The van der Waals surface area contributed by atoms with Gasteiger partial charge in [-0.05, 0) is 44.9 Å². The summed E-state index contributed by atoms with van der Waals surface area (Å²) in [5.74, 6) is 0.800. The second-order valence-corrected chi connectivity index (χ2v) is 8.03. The molecule has 30 heavy (non-hydrogen) atoms. The number of ether oxygens (including phenoxy) is 2. The van der Waals surface area contributed by atoms with E-state index in [0.29, 0.717) is 25.6 Å². The number of aliphatic imine (C=N–C) groups is 1. The van der Waals surface area contributed by atoms with Gasteiger partial charge in [-0.25, -0.2) is 4.79 Å². The molecule has 7 nitrogen and oxygen atoms in total. The molecule has 168 valence electrons. The molecule has 2 N–H and O–H groups in total. The van der Waals surface area contributed by atoms with E-state index in [9.17, 15) is 18.0 Å². The Bertz CT molecular complexity index is 748. The van der Waals surface area contributed by atoms with Crippen molar-refractivity contribution in [1.82, 2.24) is 15.5 Å². The smallest absolute Gasteiger partial charge is 0.422 e. The van der Waals surface area contributed by atoms with Crippen LogP contribution >= 0.6 is 0 Å². The van der Waals surface area contributed by atoms with Crippen LogP contribution in [0.15, 0.2) is 29.3 Å². The Morgan fingerprint density at radius 1 is 1.30 bits per heavy atom. The molecule has 1 fully saturated rings. The summed E-state index contributed by atoms with van der Waals surface area (Å²) in [6.07, 6.45) is -4.08. The monoisotopic (exact) mass is 430 g/mol. The minimum atomic E-state index is -4.38. The molecule has 1 atom stereocenters. The van der Waals surface area contributed by atoms with Crippen LogP contribution < -0.4 is 15.4 Å².